The number of carbonyl (C=O) groups is 2. The summed E-state index contributed by atoms with van der Waals surface area (Å²) in [7, 11) is 0. The van der Waals surface area contributed by atoms with Crippen LogP contribution in [-0.4, -0.2) is 29.3 Å². The summed E-state index contributed by atoms with van der Waals surface area (Å²) in [5.74, 6) is -0.141. The number of benzene rings is 3. The summed E-state index contributed by atoms with van der Waals surface area (Å²) in [6.07, 6.45) is 4.32. The van der Waals surface area contributed by atoms with E-state index in [2.05, 4.69) is 43.4 Å². The highest BCUT2D eigenvalue weighted by molar-refractivity contribution is 6.30. The molecule has 3 aromatic rings. The number of nitrogens with one attached hydrogen (secondary N) is 1. The van der Waals surface area contributed by atoms with Crippen LogP contribution < -0.4 is 5.32 Å². The highest BCUT2D eigenvalue weighted by Crippen LogP contribution is 2.19. The normalized spacial score (nSPS) is 11.6. The van der Waals surface area contributed by atoms with Crippen LogP contribution in [0.15, 0.2) is 78.9 Å². The number of nitrogens with zero attached hydrogens (tertiary/aromatic N) is 1. The van der Waals surface area contributed by atoms with Crippen molar-refractivity contribution in [1.29, 1.82) is 0 Å². The lowest BCUT2D eigenvalue weighted by atomic mass is 10.0. The van der Waals surface area contributed by atoms with Crippen molar-refractivity contribution >= 4 is 23.4 Å². The molecule has 3 aromatic carbocycles. The van der Waals surface area contributed by atoms with E-state index >= 15 is 0 Å². The molecule has 0 saturated heterocycles. The van der Waals surface area contributed by atoms with Crippen molar-refractivity contribution in [3.63, 3.8) is 0 Å². The molecule has 0 spiro atoms. The smallest absolute Gasteiger partial charge is 0.243 e. The fourth-order valence-corrected chi connectivity index (χ4v) is 4.31. The van der Waals surface area contributed by atoms with E-state index in [1.54, 1.807) is 4.90 Å². The quantitative estimate of drug-likeness (QED) is 0.274. The summed E-state index contributed by atoms with van der Waals surface area (Å²) in [6.45, 7) is 5.18. The van der Waals surface area contributed by atoms with Crippen LogP contribution in [-0.2, 0) is 35.4 Å². The van der Waals surface area contributed by atoms with Crippen LogP contribution in [0, 0.1) is 0 Å². The molecule has 0 fully saturated rings. The molecular formula is C31H37ClN2O2. The maximum Gasteiger partial charge on any atom is 0.243 e. The third-order valence-corrected chi connectivity index (χ3v) is 6.68. The number of amides is 2. The Morgan fingerprint density at radius 2 is 1.47 bits per heavy atom. The number of halogens is 1. The second-order valence-corrected chi connectivity index (χ2v) is 9.60. The molecule has 0 bridgehead atoms. The minimum atomic E-state index is -0.602. The van der Waals surface area contributed by atoms with Crippen molar-refractivity contribution in [3.05, 3.63) is 106 Å². The largest absolute Gasteiger partial charge is 0.354 e. The first-order valence-electron chi connectivity index (χ1n) is 12.9. The van der Waals surface area contributed by atoms with E-state index < -0.39 is 6.04 Å². The molecule has 0 aliphatic carbocycles. The fraction of sp³-hybridized carbons (Fsp3) is 0.355. The van der Waals surface area contributed by atoms with Crippen LogP contribution in [0.25, 0.3) is 0 Å². The van der Waals surface area contributed by atoms with Gasteiger partial charge in [-0.15, -0.1) is 0 Å². The van der Waals surface area contributed by atoms with E-state index in [-0.39, 0.29) is 11.8 Å². The first kappa shape index (κ1) is 27.5. The van der Waals surface area contributed by atoms with Gasteiger partial charge in [0.25, 0.3) is 0 Å². The predicted octanol–water partition coefficient (Wildman–Crippen LogP) is 6.39. The fourth-order valence-electron chi connectivity index (χ4n) is 4.18. The topological polar surface area (TPSA) is 49.4 Å². The monoisotopic (exact) mass is 504 g/mol. The molecule has 0 aromatic heterocycles. The molecule has 2 amide bonds. The van der Waals surface area contributed by atoms with Gasteiger partial charge in [0.2, 0.25) is 11.8 Å². The second kappa shape index (κ2) is 14.4. The zero-order chi connectivity index (χ0) is 25.8. The van der Waals surface area contributed by atoms with Gasteiger partial charge in [0.05, 0.1) is 0 Å². The van der Waals surface area contributed by atoms with Crippen molar-refractivity contribution < 1.29 is 9.59 Å². The molecule has 1 N–H and O–H groups in total. The van der Waals surface area contributed by atoms with Gasteiger partial charge in [-0.2, -0.15) is 0 Å². The molecule has 0 saturated carbocycles. The number of hydrogen-bond donors (Lipinski definition) is 1. The van der Waals surface area contributed by atoms with Crippen molar-refractivity contribution in [2.75, 3.05) is 6.54 Å². The van der Waals surface area contributed by atoms with Gasteiger partial charge in [-0.3, -0.25) is 9.59 Å². The van der Waals surface area contributed by atoms with Gasteiger partial charge in [-0.1, -0.05) is 98.6 Å². The van der Waals surface area contributed by atoms with Gasteiger partial charge in [0.15, 0.2) is 0 Å². The standard InChI is InChI=1S/C31H37ClN2O2/c1-3-5-21-33-31(36)29(22-26-9-7-6-8-10-26)34(23-27-15-18-28(32)19-16-27)30(35)20-17-25-13-11-24(4-2)12-14-25/h6-16,18-19,29H,3-5,17,20-23H2,1-2H3,(H,33,36)/t29-/m0/s1. The molecule has 0 radical (unpaired) electrons. The summed E-state index contributed by atoms with van der Waals surface area (Å²) >= 11 is 6.10. The van der Waals surface area contributed by atoms with Crippen LogP contribution in [0.4, 0.5) is 0 Å². The zero-order valence-electron chi connectivity index (χ0n) is 21.4. The summed E-state index contributed by atoms with van der Waals surface area (Å²) in [5.41, 5.74) is 4.37. The minimum absolute atomic E-state index is 0.0314. The summed E-state index contributed by atoms with van der Waals surface area (Å²) in [6, 6.07) is 25.2. The maximum atomic E-state index is 13.7. The molecule has 0 heterocycles. The summed E-state index contributed by atoms with van der Waals surface area (Å²) < 4.78 is 0. The minimum Gasteiger partial charge on any atom is -0.354 e. The summed E-state index contributed by atoms with van der Waals surface area (Å²) in [5, 5.41) is 3.71. The van der Waals surface area contributed by atoms with Gasteiger partial charge in [0, 0.05) is 31.0 Å². The molecule has 190 valence electrons. The first-order valence-corrected chi connectivity index (χ1v) is 13.3. The van der Waals surface area contributed by atoms with Crippen LogP contribution in [0.3, 0.4) is 0 Å². The van der Waals surface area contributed by atoms with Crippen LogP contribution >= 0.6 is 11.6 Å². The Morgan fingerprint density at radius 1 is 0.833 bits per heavy atom. The molecule has 36 heavy (non-hydrogen) atoms. The van der Waals surface area contributed by atoms with Gasteiger partial charge < -0.3 is 10.2 Å². The highest BCUT2D eigenvalue weighted by Gasteiger charge is 2.30. The Bertz CT molecular complexity index is 1080. The molecule has 4 nitrogen and oxygen atoms in total. The van der Waals surface area contributed by atoms with Crippen LogP contribution in [0.5, 0.6) is 0 Å². The molecule has 3 rings (SSSR count). The van der Waals surface area contributed by atoms with E-state index in [4.69, 9.17) is 11.6 Å². The van der Waals surface area contributed by atoms with E-state index in [0.29, 0.717) is 37.4 Å². The van der Waals surface area contributed by atoms with Crippen LogP contribution in [0.2, 0.25) is 5.02 Å². The van der Waals surface area contributed by atoms with E-state index in [1.807, 2.05) is 54.6 Å². The van der Waals surface area contributed by atoms with Crippen LogP contribution in [0.1, 0.15) is 55.4 Å². The van der Waals surface area contributed by atoms with Gasteiger partial charge in [-0.25, -0.2) is 0 Å². The van der Waals surface area contributed by atoms with E-state index in [0.717, 1.165) is 36.0 Å². The zero-order valence-corrected chi connectivity index (χ0v) is 22.1. The molecule has 0 unspecified atom stereocenters. The number of aryl methyl sites for hydroxylation is 2. The lowest BCUT2D eigenvalue weighted by Crippen LogP contribution is -2.50. The Labute approximate surface area is 220 Å². The van der Waals surface area contributed by atoms with Crippen molar-refractivity contribution in [2.24, 2.45) is 0 Å². The lowest BCUT2D eigenvalue weighted by molar-refractivity contribution is -0.141. The Balaban J connectivity index is 1.85. The number of unbranched alkanes of at least 4 members (excludes halogenated alkanes) is 1. The lowest BCUT2D eigenvalue weighted by Gasteiger charge is -2.31. The SMILES string of the molecule is CCCCNC(=O)[C@H](Cc1ccccc1)N(Cc1ccc(Cl)cc1)C(=O)CCc1ccc(CC)cc1. The third-order valence-electron chi connectivity index (χ3n) is 6.43. The molecule has 5 heteroatoms. The van der Waals surface area contributed by atoms with Crippen molar-refractivity contribution in [2.45, 2.75) is 65.0 Å². The molecule has 0 aliphatic rings. The Morgan fingerprint density at radius 3 is 2.11 bits per heavy atom. The van der Waals surface area contributed by atoms with Gasteiger partial charge >= 0.3 is 0 Å². The maximum absolute atomic E-state index is 13.7. The Hall–Kier alpha value is -3.11. The number of carbonyl (C=O) groups excluding carboxylic acids is 2. The summed E-state index contributed by atoms with van der Waals surface area (Å²) in [4.78, 5) is 28.9. The van der Waals surface area contributed by atoms with E-state index in [1.165, 1.54) is 5.56 Å². The average Bonchev–Trinajstić information content (AvgIpc) is 2.91. The van der Waals surface area contributed by atoms with E-state index in [9.17, 15) is 9.59 Å². The number of rotatable bonds is 13. The van der Waals surface area contributed by atoms with Gasteiger partial charge in [-0.05, 0) is 53.6 Å². The molecular weight excluding hydrogens is 468 g/mol. The number of hydrogen-bond acceptors (Lipinski definition) is 2. The molecule has 1 atom stereocenters. The Kier molecular flexibility index (Phi) is 11.0. The third kappa shape index (κ3) is 8.53. The molecule has 0 aliphatic heterocycles. The van der Waals surface area contributed by atoms with Crippen molar-refractivity contribution in [3.8, 4) is 0 Å². The second-order valence-electron chi connectivity index (χ2n) is 9.17. The van der Waals surface area contributed by atoms with Gasteiger partial charge in [0.1, 0.15) is 6.04 Å². The first-order chi connectivity index (χ1) is 17.5. The highest BCUT2D eigenvalue weighted by atomic mass is 35.5. The van der Waals surface area contributed by atoms with Crippen molar-refractivity contribution in [1.82, 2.24) is 10.2 Å². The average molecular weight is 505 g/mol. The predicted molar refractivity (Wildman–Crippen MR) is 148 cm³/mol.